The van der Waals surface area contributed by atoms with Gasteiger partial charge in [0.2, 0.25) is 15.8 Å². The maximum absolute atomic E-state index is 12.1. The van der Waals surface area contributed by atoms with Gasteiger partial charge in [-0.05, 0) is 42.4 Å². The number of aromatic carboxylic acids is 1. The van der Waals surface area contributed by atoms with E-state index in [1.54, 1.807) is 0 Å². The predicted molar refractivity (Wildman–Crippen MR) is 74.2 cm³/mol. The molecule has 2 N–H and O–H groups in total. The zero-order valence-corrected chi connectivity index (χ0v) is 13.2. The zero-order valence-electron chi connectivity index (χ0n) is 10.8. The van der Waals surface area contributed by atoms with Gasteiger partial charge in [-0.25, -0.2) is 17.9 Å². The first-order valence-electron chi connectivity index (χ1n) is 6.04. The number of carbonyl (C=O) groups is 1. The molecule has 0 spiro atoms. The summed E-state index contributed by atoms with van der Waals surface area (Å²) in [6.07, 6.45) is 1.98. The molecule has 1 aliphatic rings. The van der Waals surface area contributed by atoms with E-state index in [9.17, 15) is 13.2 Å². The van der Waals surface area contributed by atoms with E-state index in [2.05, 4.69) is 25.6 Å². The second-order valence-corrected chi connectivity index (χ2v) is 7.14. The monoisotopic (exact) mass is 366 g/mol. The van der Waals surface area contributed by atoms with E-state index in [1.165, 1.54) is 0 Å². The Morgan fingerprint density at radius 3 is 2.85 bits per heavy atom. The van der Waals surface area contributed by atoms with E-state index in [-0.39, 0.29) is 15.6 Å². The molecule has 1 unspecified atom stereocenters. The summed E-state index contributed by atoms with van der Waals surface area (Å²) in [6, 6.07) is 1.15. The van der Waals surface area contributed by atoms with Crippen LogP contribution in [0.3, 0.4) is 0 Å². The number of sulfonamides is 1. The maximum Gasteiger partial charge on any atom is 0.371 e. The van der Waals surface area contributed by atoms with Crippen LogP contribution in [0.2, 0.25) is 0 Å². The number of rotatable bonds is 5. The molecule has 0 aliphatic carbocycles. The number of nitrogens with zero attached hydrogens (tertiary/aromatic N) is 1. The first-order valence-corrected chi connectivity index (χ1v) is 8.31. The van der Waals surface area contributed by atoms with Gasteiger partial charge in [-0.1, -0.05) is 0 Å². The summed E-state index contributed by atoms with van der Waals surface area (Å²) >= 11 is 2.93. The van der Waals surface area contributed by atoms with E-state index in [1.807, 2.05) is 7.05 Å². The van der Waals surface area contributed by atoms with E-state index in [0.29, 0.717) is 6.54 Å². The summed E-state index contributed by atoms with van der Waals surface area (Å²) < 4.78 is 31.5. The molecule has 7 nitrogen and oxygen atoms in total. The van der Waals surface area contributed by atoms with Crippen molar-refractivity contribution in [3.05, 3.63) is 16.5 Å². The lowest BCUT2D eigenvalue weighted by Crippen LogP contribution is -2.38. The number of halogens is 1. The van der Waals surface area contributed by atoms with Crippen LogP contribution in [0.4, 0.5) is 0 Å². The van der Waals surface area contributed by atoms with Crippen LogP contribution in [0.5, 0.6) is 0 Å². The highest BCUT2D eigenvalue weighted by Gasteiger charge is 2.27. The Bertz CT molecular complexity index is 612. The van der Waals surface area contributed by atoms with E-state index in [0.717, 1.165) is 25.5 Å². The van der Waals surface area contributed by atoms with Gasteiger partial charge in [0.05, 0.1) is 0 Å². The Balaban J connectivity index is 2.12. The Morgan fingerprint density at radius 1 is 1.65 bits per heavy atom. The van der Waals surface area contributed by atoms with Crippen molar-refractivity contribution in [3.63, 3.8) is 0 Å². The summed E-state index contributed by atoms with van der Waals surface area (Å²) in [6.45, 7) is 1.24. The van der Waals surface area contributed by atoms with E-state index in [4.69, 9.17) is 9.52 Å². The normalized spacial score (nSPS) is 20.4. The van der Waals surface area contributed by atoms with Gasteiger partial charge >= 0.3 is 5.97 Å². The molecule has 112 valence electrons. The third-order valence-corrected chi connectivity index (χ3v) is 5.62. The number of hydrogen-bond donors (Lipinski definition) is 2. The van der Waals surface area contributed by atoms with Crippen molar-refractivity contribution < 1.29 is 22.7 Å². The lowest BCUT2D eigenvalue weighted by atomic mass is 10.2. The number of carboxylic acids is 1. The molecule has 2 rings (SSSR count). The van der Waals surface area contributed by atoms with Gasteiger partial charge in [0.25, 0.3) is 0 Å². The van der Waals surface area contributed by atoms with Gasteiger partial charge in [0.15, 0.2) is 4.67 Å². The predicted octanol–water partition coefficient (Wildman–Crippen LogP) is 1.11. The summed E-state index contributed by atoms with van der Waals surface area (Å²) in [7, 11) is -1.85. The molecule has 1 aliphatic heterocycles. The topological polar surface area (TPSA) is 99.9 Å². The summed E-state index contributed by atoms with van der Waals surface area (Å²) in [4.78, 5) is 12.7. The van der Waals surface area contributed by atoms with Crippen LogP contribution in [0.15, 0.2) is 20.0 Å². The van der Waals surface area contributed by atoms with Crippen LogP contribution in [0, 0.1) is 0 Å². The summed E-state index contributed by atoms with van der Waals surface area (Å²) in [5, 5.41) is 8.79. The molecular formula is C11H15BrN2O5S. The number of likely N-dealkylation sites (N-methyl/N-ethyl adjacent to an activating group) is 1. The number of carboxylic acid groups (broad SMARTS) is 1. The standard InChI is InChI=1S/C11H15BrN2O5S/c1-14-4-2-3-7(14)6-13-20(17,18)9-5-8(11(15)16)19-10(9)12/h5,7,13H,2-4,6H2,1H3,(H,15,16). The minimum atomic E-state index is -3.80. The van der Waals surface area contributed by atoms with Crippen molar-refractivity contribution in [3.8, 4) is 0 Å². The SMILES string of the molecule is CN1CCCC1CNS(=O)(=O)c1cc(C(=O)O)oc1Br. The highest BCUT2D eigenvalue weighted by atomic mass is 79.9. The third-order valence-electron chi connectivity index (χ3n) is 3.34. The number of hydrogen-bond acceptors (Lipinski definition) is 5. The molecule has 0 amide bonds. The Morgan fingerprint density at radius 2 is 2.35 bits per heavy atom. The summed E-state index contributed by atoms with van der Waals surface area (Å²) in [5.41, 5.74) is 0. The van der Waals surface area contributed by atoms with Crippen molar-refractivity contribution in [1.29, 1.82) is 0 Å². The average molecular weight is 367 g/mol. The molecule has 1 fully saturated rings. The fourth-order valence-corrected chi connectivity index (χ4v) is 4.17. The van der Waals surface area contributed by atoms with Crippen LogP contribution in [-0.2, 0) is 10.0 Å². The third kappa shape index (κ3) is 3.22. The molecule has 1 aromatic rings. The van der Waals surface area contributed by atoms with Crippen LogP contribution < -0.4 is 4.72 Å². The first kappa shape index (κ1) is 15.5. The molecule has 1 atom stereocenters. The molecule has 0 saturated carbocycles. The molecular weight excluding hydrogens is 352 g/mol. The lowest BCUT2D eigenvalue weighted by Gasteiger charge is -2.19. The lowest BCUT2D eigenvalue weighted by molar-refractivity contribution is 0.0661. The van der Waals surface area contributed by atoms with Crippen molar-refractivity contribution >= 4 is 31.9 Å². The number of furan rings is 1. The molecule has 0 bridgehead atoms. The molecule has 1 aromatic heterocycles. The molecule has 1 saturated heterocycles. The van der Waals surface area contributed by atoms with Crippen LogP contribution in [0.25, 0.3) is 0 Å². The molecule has 2 heterocycles. The molecule has 9 heteroatoms. The van der Waals surface area contributed by atoms with E-state index < -0.39 is 21.8 Å². The number of nitrogens with one attached hydrogen (secondary N) is 1. The highest BCUT2D eigenvalue weighted by Crippen LogP contribution is 2.26. The van der Waals surface area contributed by atoms with Crippen molar-refractivity contribution in [2.45, 2.75) is 23.8 Å². The zero-order chi connectivity index (χ0) is 14.9. The quantitative estimate of drug-likeness (QED) is 0.809. The largest absolute Gasteiger partial charge is 0.475 e. The van der Waals surface area contributed by atoms with E-state index >= 15 is 0 Å². The van der Waals surface area contributed by atoms with Gasteiger partial charge < -0.3 is 14.4 Å². The molecule has 20 heavy (non-hydrogen) atoms. The maximum atomic E-state index is 12.1. The second kappa shape index (κ2) is 5.84. The van der Waals surface area contributed by atoms with Crippen LogP contribution in [-0.4, -0.2) is 50.6 Å². The van der Waals surface area contributed by atoms with Gasteiger partial charge in [0.1, 0.15) is 4.90 Å². The van der Waals surface area contributed by atoms with Gasteiger partial charge in [-0.15, -0.1) is 0 Å². The van der Waals surface area contributed by atoms with Gasteiger partial charge in [0, 0.05) is 18.7 Å². The Kier molecular flexibility index (Phi) is 4.52. The Labute approximate surface area is 125 Å². The number of likely N-dealkylation sites (tertiary alicyclic amines) is 1. The highest BCUT2D eigenvalue weighted by molar-refractivity contribution is 9.10. The Hall–Kier alpha value is -0.900. The smallest absolute Gasteiger partial charge is 0.371 e. The van der Waals surface area contributed by atoms with Crippen molar-refractivity contribution in [2.24, 2.45) is 0 Å². The first-order chi connectivity index (χ1) is 9.31. The fraction of sp³-hybridized carbons (Fsp3) is 0.545. The molecule has 0 radical (unpaired) electrons. The van der Waals surface area contributed by atoms with Crippen molar-refractivity contribution in [1.82, 2.24) is 9.62 Å². The minimum absolute atomic E-state index is 0.109. The fourth-order valence-electron chi connectivity index (χ4n) is 2.16. The van der Waals surface area contributed by atoms with Crippen molar-refractivity contribution in [2.75, 3.05) is 20.1 Å². The minimum Gasteiger partial charge on any atom is -0.475 e. The summed E-state index contributed by atoms with van der Waals surface area (Å²) in [5.74, 6) is -1.74. The molecule has 0 aromatic carbocycles. The average Bonchev–Trinajstić information content (AvgIpc) is 2.93. The van der Waals surface area contributed by atoms with Gasteiger partial charge in [-0.2, -0.15) is 0 Å². The van der Waals surface area contributed by atoms with Crippen LogP contribution in [0.1, 0.15) is 23.4 Å². The van der Waals surface area contributed by atoms with Crippen LogP contribution >= 0.6 is 15.9 Å². The second-order valence-electron chi connectivity index (χ2n) is 4.68. The van der Waals surface area contributed by atoms with Gasteiger partial charge in [-0.3, -0.25) is 0 Å².